The third-order valence-corrected chi connectivity index (χ3v) is 3.98. The molecule has 3 rings (SSSR count). The molecule has 5 nitrogen and oxygen atoms in total. The van der Waals surface area contributed by atoms with Crippen LogP contribution < -0.4 is 5.32 Å². The molecule has 0 aliphatic rings. The molecule has 2 aromatic heterocycles. The van der Waals surface area contributed by atoms with E-state index in [1.54, 1.807) is 29.5 Å². The summed E-state index contributed by atoms with van der Waals surface area (Å²) in [5.41, 5.74) is 2.38. The molecule has 0 saturated carbocycles. The van der Waals surface area contributed by atoms with E-state index in [2.05, 4.69) is 15.4 Å². The third-order valence-electron chi connectivity index (χ3n) is 3.98. The van der Waals surface area contributed by atoms with Gasteiger partial charge < -0.3 is 5.32 Å². The number of carbonyl (C=O) groups excluding carboxylic acids is 1. The Morgan fingerprint density at radius 1 is 1.04 bits per heavy atom. The molecule has 1 N–H and O–H groups in total. The molecule has 25 heavy (non-hydrogen) atoms. The lowest BCUT2D eigenvalue weighted by atomic mass is 9.99. The highest BCUT2D eigenvalue weighted by molar-refractivity contribution is 5.94. The highest BCUT2D eigenvalue weighted by Crippen LogP contribution is 2.22. The molecule has 0 aliphatic carbocycles. The molecule has 1 atom stereocenters. The number of nitrogens with zero attached hydrogens (tertiary/aromatic N) is 3. The van der Waals surface area contributed by atoms with Crippen molar-refractivity contribution in [2.75, 3.05) is 0 Å². The van der Waals surface area contributed by atoms with E-state index >= 15 is 0 Å². The van der Waals surface area contributed by atoms with Crippen LogP contribution in [0.2, 0.25) is 0 Å². The Bertz CT molecular complexity index is 795. The summed E-state index contributed by atoms with van der Waals surface area (Å²) in [4.78, 5) is 16.8. The lowest BCUT2D eigenvalue weighted by molar-refractivity contribution is 0.0942. The highest BCUT2D eigenvalue weighted by atomic mass is 16.1. The van der Waals surface area contributed by atoms with E-state index in [1.807, 2.05) is 63.2 Å². The Morgan fingerprint density at radius 2 is 1.68 bits per heavy atom. The van der Waals surface area contributed by atoms with Gasteiger partial charge in [0.15, 0.2) is 0 Å². The lowest BCUT2D eigenvalue weighted by Gasteiger charge is -2.20. The van der Waals surface area contributed by atoms with Gasteiger partial charge in [0, 0.05) is 18.6 Å². The van der Waals surface area contributed by atoms with Crippen LogP contribution >= 0.6 is 0 Å². The molecular weight excluding hydrogens is 312 g/mol. The fraction of sp³-hybridized carbons (Fsp3) is 0.250. The second-order valence-corrected chi connectivity index (χ2v) is 6.94. The van der Waals surface area contributed by atoms with E-state index in [4.69, 9.17) is 0 Å². The quantitative estimate of drug-likeness (QED) is 0.794. The number of aromatic nitrogens is 3. The lowest BCUT2D eigenvalue weighted by Crippen LogP contribution is -2.29. The van der Waals surface area contributed by atoms with E-state index in [1.165, 1.54) is 0 Å². The first-order valence-electron chi connectivity index (χ1n) is 8.26. The summed E-state index contributed by atoms with van der Waals surface area (Å²) >= 11 is 0. The number of hydrogen-bond acceptors (Lipinski definition) is 3. The second-order valence-electron chi connectivity index (χ2n) is 6.94. The van der Waals surface area contributed by atoms with Gasteiger partial charge in [-0.25, -0.2) is 0 Å². The van der Waals surface area contributed by atoms with Gasteiger partial charge in [-0.15, -0.1) is 0 Å². The number of hydrogen-bond donors (Lipinski definition) is 1. The zero-order chi connectivity index (χ0) is 17.9. The van der Waals surface area contributed by atoms with Crippen LogP contribution in [0.3, 0.4) is 0 Å². The van der Waals surface area contributed by atoms with Crippen LogP contribution in [0, 0.1) is 0 Å². The summed E-state index contributed by atoms with van der Waals surface area (Å²) in [6.07, 6.45) is 6.85. The molecule has 2 heterocycles. The van der Waals surface area contributed by atoms with Crippen molar-refractivity contribution in [3.63, 3.8) is 0 Å². The Labute approximate surface area is 147 Å². The van der Waals surface area contributed by atoms with E-state index < -0.39 is 0 Å². The van der Waals surface area contributed by atoms with E-state index in [-0.39, 0.29) is 17.5 Å². The van der Waals surface area contributed by atoms with Crippen molar-refractivity contribution in [3.8, 4) is 0 Å². The molecule has 1 unspecified atom stereocenters. The molecule has 0 saturated heterocycles. The maximum absolute atomic E-state index is 12.8. The number of pyridine rings is 1. The first-order chi connectivity index (χ1) is 11.9. The van der Waals surface area contributed by atoms with E-state index in [9.17, 15) is 4.79 Å². The zero-order valence-electron chi connectivity index (χ0n) is 14.7. The van der Waals surface area contributed by atoms with Crippen LogP contribution in [-0.2, 0) is 5.54 Å². The van der Waals surface area contributed by atoms with Gasteiger partial charge in [0.25, 0.3) is 5.91 Å². The zero-order valence-corrected chi connectivity index (χ0v) is 14.7. The predicted octanol–water partition coefficient (Wildman–Crippen LogP) is 3.55. The molecule has 128 valence electrons. The topological polar surface area (TPSA) is 59.8 Å². The molecule has 1 amide bonds. The van der Waals surface area contributed by atoms with Crippen molar-refractivity contribution < 1.29 is 4.79 Å². The van der Waals surface area contributed by atoms with Crippen LogP contribution in [0.4, 0.5) is 0 Å². The van der Waals surface area contributed by atoms with E-state index in [0.717, 1.165) is 11.1 Å². The Kier molecular flexibility index (Phi) is 4.65. The van der Waals surface area contributed by atoms with Gasteiger partial charge >= 0.3 is 0 Å². The summed E-state index contributed by atoms with van der Waals surface area (Å²) < 4.78 is 1.80. The fourth-order valence-electron chi connectivity index (χ4n) is 2.58. The summed E-state index contributed by atoms with van der Waals surface area (Å²) in [6, 6.07) is 13.5. The van der Waals surface area contributed by atoms with Gasteiger partial charge in [0.2, 0.25) is 0 Å². The average Bonchev–Trinajstić information content (AvgIpc) is 3.12. The van der Waals surface area contributed by atoms with E-state index in [0.29, 0.717) is 5.56 Å². The normalized spacial score (nSPS) is 12.6. The molecule has 0 bridgehead atoms. The van der Waals surface area contributed by atoms with Gasteiger partial charge in [0.1, 0.15) is 0 Å². The maximum Gasteiger partial charge on any atom is 0.255 e. The Balaban J connectivity index is 1.88. The summed E-state index contributed by atoms with van der Waals surface area (Å²) in [5, 5.41) is 7.42. The minimum atomic E-state index is -0.241. The minimum Gasteiger partial charge on any atom is -0.341 e. The second kappa shape index (κ2) is 6.89. The van der Waals surface area contributed by atoms with Crippen molar-refractivity contribution in [1.82, 2.24) is 20.1 Å². The number of amides is 1. The number of nitrogens with one attached hydrogen (secondary N) is 1. The van der Waals surface area contributed by atoms with Gasteiger partial charge in [-0.05, 0) is 44.0 Å². The molecule has 0 spiro atoms. The van der Waals surface area contributed by atoms with Gasteiger partial charge in [-0.1, -0.05) is 30.3 Å². The smallest absolute Gasteiger partial charge is 0.255 e. The third kappa shape index (κ3) is 3.94. The van der Waals surface area contributed by atoms with Crippen molar-refractivity contribution in [2.24, 2.45) is 0 Å². The molecule has 0 fully saturated rings. The fourth-order valence-corrected chi connectivity index (χ4v) is 2.58. The van der Waals surface area contributed by atoms with Gasteiger partial charge in [0.05, 0.1) is 23.3 Å². The average molecular weight is 334 g/mol. The highest BCUT2D eigenvalue weighted by Gasteiger charge is 2.20. The molecule has 0 radical (unpaired) electrons. The first kappa shape index (κ1) is 16.9. The first-order valence-corrected chi connectivity index (χ1v) is 8.26. The molecule has 3 aromatic rings. The van der Waals surface area contributed by atoms with Crippen molar-refractivity contribution in [1.29, 1.82) is 0 Å². The monoisotopic (exact) mass is 334 g/mol. The standard InChI is InChI=1S/C20H22N4O/c1-20(2,3)24-14-17(13-22-24)19(25)23-18(15-7-5-4-6-8-15)16-9-11-21-12-10-16/h4-14,18H,1-3H3,(H,23,25). The van der Waals surface area contributed by atoms with Crippen molar-refractivity contribution >= 4 is 5.91 Å². The summed E-state index contributed by atoms with van der Waals surface area (Å²) in [5.74, 6) is -0.152. The van der Waals surface area contributed by atoms with Crippen LogP contribution in [0.1, 0.15) is 48.3 Å². The van der Waals surface area contributed by atoms with Gasteiger partial charge in [-0.3, -0.25) is 14.5 Å². The predicted molar refractivity (Wildman–Crippen MR) is 97.2 cm³/mol. The van der Waals surface area contributed by atoms with Crippen molar-refractivity contribution in [3.05, 3.63) is 83.9 Å². The van der Waals surface area contributed by atoms with Crippen LogP contribution in [0.15, 0.2) is 67.3 Å². The van der Waals surface area contributed by atoms with Crippen molar-refractivity contribution in [2.45, 2.75) is 32.4 Å². The molecule has 5 heteroatoms. The SMILES string of the molecule is CC(C)(C)n1cc(C(=O)NC(c2ccccc2)c2ccncc2)cn1. The van der Waals surface area contributed by atoms with Gasteiger partial charge in [-0.2, -0.15) is 5.10 Å². The Morgan fingerprint density at radius 3 is 2.28 bits per heavy atom. The molecule has 1 aromatic carbocycles. The van der Waals surface area contributed by atoms with Crippen LogP contribution in [-0.4, -0.2) is 20.7 Å². The number of rotatable bonds is 4. The number of carbonyl (C=O) groups is 1. The molecule has 0 aliphatic heterocycles. The number of benzene rings is 1. The maximum atomic E-state index is 12.8. The molecular formula is C20H22N4O. The minimum absolute atomic E-state index is 0.152. The van der Waals surface area contributed by atoms with Crippen LogP contribution in [0.25, 0.3) is 0 Å². The summed E-state index contributed by atoms with van der Waals surface area (Å²) in [6.45, 7) is 6.14. The summed E-state index contributed by atoms with van der Waals surface area (Å²) in [7, 11) is 0. The van der Waals surface area contributed by atoms with Crippen LogP contribution in [0.5, 0.6) is 0 Å². The Hall–Kier alpha value is -2.95. The largest absolute Gasteiger partial charge is 0.341 e.